The van der Waals surface area contributed by atoms with Crippen molar-refractivity contribution in [2.45, 2.75) is 62.3 Å². The molecule has 4 N–H and O–H groups in total. The second-order valence-electron chi connectivity index (χ2n) is 9.36. The van der Waals surface area contributed by atoms with E-state index in [0.29, 0.717) is 31.6 Å². The first kappa shape index (κ1) is 20.9. The monoisotopic (exact) mass is 436 g/mol. The molecule has 168 valence electrons. The molecule has 9 nitrogen and oxygen atoms in total. The van der Waals surface area contributed by atoms with Gasteiger partial charge in [-0.05, 0) is 55.4 Å². The Kier molecular flexibility index (Phi) is 5.14. The Bertz CT molecular complexity index is 1020. The van der Waals surface area contributed by atoms with Crippen LogP contribution in [0.4, 0.5) is 0 Å². The molecule has 5 rings (SSSR count). The summed E-state index contributed by atoms with van der Waals surface area (Å²) < 4.78 is 0. The van der Waals surface area contributed by atoms with Crippen molar-refractivity contribution >= 4 is 17.7 Å². The fourth-order valence-corrected chi connectivity index (χ4v) is 6.05. The topological polar surface area (TPSA) is 137 Å². The van der Waals surface area contributed by atoms with Crippen LogP contribution in [0.5, 0.6) is 0 Å². The van der Waals surface area contributed by atoms with Crippen LogP contribution in [-0.2, 0) is 16.0 Å². The van der Waals surface area contributed by atoms with Crippen LogP contribution in [0, 0.1) is 11.3 Å². The molecule has 4 aliphatic rings. The third kappa shape index (κ3) is 3.26. The van der Waals surface area contributed by atoms with E-state index < -0.39 is 18.0 Å². The van der Waals surface area contributed by atoms with Gasteiger partial charge in [0.2, 0.25) is 17.7 Å². The number of likely N-dealkylation sites (tertiary alicyclic amines) is 3. The van der Waals surface area contributed by atoms with E-state index in [-0.39, 0.29) is 29.9 Å². The molecular weight excluding hydrogens is 408 g/mol. The summed E-state index contributed by atoms with van der Waals surface area (Å²) in [7, 11) is 0. The van der Waals surface area contributed by atoms with Crippen LogP contribution in [-0.4, -0.2) is 76.2 Å². The summed E-state index contributed by atoms with van der Waals surface area (Å²) in [5, 5.41) is 9.25. The highest BCUT2D eigenvalue weighted by molar-refractivity contribution is 5.93. The molecule has 3 heterocycles. The van der Waals surface area contributed by atoms with Gasteiger partial charge in [0.15, 0.2) is 0 Å². The number of piperazine rings is 1. The number of nitrogens with zero attached hydrogens (tertiary/aromatic N) is 4. The number of nitrogens with two attached hydrogens (primary N) is 2. The van der Waals surface area contributed by atoms with Crippen LogP contribution in [0.15, 0.2) is 18.2 Å². The van der Waals surface area contributed by atoms with E-state index in [4.69, 9.17) is 11.5 Å². The lowest BCUT2D eigenvalue weighted by Crippen LogP contribution is -2.56. The van der Waals surface area contributed by atoms with E-state index in [1.54, 1.807) is 11.0 Å². The maximum Gasteiger partial charge on any atom is 0.248 e. The van der Waals surface area contributed by atoms with Crippen molar-refractivity contribution in [2.24, 2.45) is 11.5 Å². The fraction of sp³-hybridized carbons (Fsp3) is 0.565. The molecule has 1 aromatic carbocycles. The van der Waals surface area contributed by atoms with E-state index in [1.807, 2.05) is 21.9 Å². The summed E-state index contributed by atoms with van der Waals surface area (Å²) in [4.78, 5) is 43.2. The Labute approximate surface area is 186 Å². The SMILES string of the molecule is N#CC1CCCN1C(=O)C(N)CN1CC2CC1C(=O)N2[C@H]1CCc2cc(C(N)=O)ccc21. The minimum absolute atomic E-state index is 0.0212. The van der Waals surface area contributed by atoms with Crippen LogP contribution < -0.4 is 11.5 Å². The number of benzene rings is 1. The predicted octanol–water partition coefficient (Wildman–Crippen LogP) is -0.100. The summed E-state index contributed by atoms with van der Waals surface area (Å²) in [6.45, 7) is 1.60. The minimum atomic E-state index is -0.732. The number of fused-ring (bicyclic) bond motifs is 3. The number of primary amides is 1. The molecule has 1 aliphatic carbocycles. The van der Waals surface area contributed by atoms with Crippen molar-refractivity contribution in [3.63, 3.8) is 0 Å². The quantitative estimate of drug-likeness (QED) is 0.661. The molecule has 3 amide bonds. The highest BCUT2D eigenvalue weighted by Crippen LogP contribution is 2.44. The van der Waals surface area contributed by atoms with Crippen molar-refractivity contribution < 1.29 is 14.4 Å². The van der Waals surface area contributed by atoms with Gasteiger partial charge in [-0.1, -0.05) is 6.07 Å². The Balaban J connectivity index is 1.25. The zero-order valence-corrected chi connectivity index (χ0v) is 17.9. The smallest absolute Gasteiger partial charge is 0.248 e. The molecule has 0 aromatic heterocycles. The minimum Gasteiger partial charge on any atom is -0.366 e. The Morgan fingerprint density at radius 3 is 2.78 bits per heavy atom. The molecule has 2 bridgehead atoms. The molecule has 5 atom stereocenters. The van der Waals surface area contributed by atoms with Crippen molar-refractivity contribution in [3.05, 3.63) is 34.9 Å². The molecule has 4 unspecified atom stereocenters. The van der Waals surface area contributed by atoms with Gasteiger partial charge in [-0.25, -0.2) is 0 Å². The van der Waals surface area contributed by atoms with Crippen molar-refractivity contribution in [3.8, 4) is 6.07 Å². The van der Waals surface area contributed by atoms with Crippen molar-refractivity contribution in [1.29, 1.82) is 5.26 Å². The third-order valence-electron chi connectivity index (χ3n) is 7.56. The summed E-state index contributed by atoms with van der Waals surface area (Å²) in [6, 6.07) is 6.44. The van der Waals surface area contributed by atoms with Crippen LogP contribution in [0.1, 0.15) is 53.2 Å². The molecule has 1 aromatic rings. The largest absolute Gasteiger partial charge is 0.366 e. The van der Waals surface area contributed by atoms with Gasteiger partial charge < -0.3 is 21.3 Å². The van der Waals surface area contributed by atoms with Gasteiger partial charge in [-0.3, -0.25) is 19.3 Å². The summed E-state index contributed by atoms with van der Waals surface area (Å²) in [6.07, 6.45) is 3.93. The van der Waals surface area contributed by atoms with Gasteiger partial charge in [0.25, 0.3) is 0 Å². The maximum atomic E-state index is 13.3. The summed E-state index contributed by atoms with van der Waals surface area (Å²) in [5.74, 6) is -0.547. The lowest BCUT2D eigenvalue weighted by molar-refractivity contribution is -0.141. The number of rotatable bonds is 5. The fourth-order valence-electron chi connectivity index (χ4n) is 6.05. The van der Waals surface area contributed by atoms with Gasteiger partial charge in [0, 0.05) is 31.2 Å². The number of hydrogen-bond acceptors (Lipinski definition) is 6. The van der Waals surface area contributed by atoms with Gasteiger partial charge in [0.05, 0.1) is 24.2 Å². The van der Waals surface area contributed by atoms with Crippen LogP contribution in [0.2, 0.25) is 0 Å². The summed E-state index contributed by atoms with van der Waals surface area (Å²) >= 11 is 0. The number of carbonyl (C=O) groups excluding carboxylic acids is 3. The Morgan fingerprint density at radius 2 is 2.06 bits per heavy atom. The zero-order valence-electron chi connectivity index (χ0n) is 17.9. The van der Waals surface area contributed by atoms with Gasteiger partial charge in [-0.2, -0.15) is 5.26 Å². The highest BCUT2D eigenvalue weighted by Gasteiger charge is 2.53. The first-order valence-corrected chi connectivity index (χ1v) is 11.3. The lowest BCUT2D eigenvalue weighted by Gasteiger charge is -2.38. The number of carbonyl (C=O) groups is 3. The zero-order chi connectivity index (χ0) is 22.6. The number of aryl methyl sites for hydroxylation is 1. The number of nitriles is 1. The van der Waals surface area contributed by atoms with Gasteiger partial charge in [0.1, 0.15) is 6.04 Å². The van der Waals surface area contributed by atoms with Crippen LogP contribution in [0.3, 0.4) is 0 Å². The number of hydrogen-bond donors (Lipinski definition) is 2. The Morgan fingerprint density at radius 1 is 1.25 bits per heavy atom. The standard InChI is InChI=1S/C23H28N6O3/c24-10-15-2-1-7-28(15)22(31)18(25)12-27-11-16-9-20(27)23(32)29(16)19-6-4-13-8-14(21(26)30)3-5-17(13)19/h3,5,8,15-16,18-20H,1-2,4,6-7,9,11-12,25H2,(H2,26,30)/t15?,16?,18?,19-,20?/m0/s1. The molecule has 9 heteroatoms. The third-order valence-corrected chi connectivity index (χ3v) is 7.56. The average Bonchev–Trinajstić information content (AvgIpc) is 3.55. The van der Waals surface area contributed by atoms with Crippen LogP contribution >= 0.6 is 0 Å². The first-order chi connectivity index (χ1) is 15.4. The van der Waals surface area contributed by atoms with Crippen molar-refractivity contribution in [2.75, 3.05) is 19.6 Å². The van der Waals surface area contributed by atoms with E-state index in [0.717, 1.165) is 36.8 Å². The second-order valence-corrected chi connectivity index (χ2v) is 9.36. The molecule has 0 spiro atoms. The molecule has 32 heavy (non-hydrogen) atoms. The van der Waals surface area contributed by atoms with Crippen LogP contribution in [0.25, 0.3) is 0 Å². The molecule has 3 aliphatic heterocycles. The molecule has 3 saturated heterocycles. The van der Waals surface area contributed by atoms with E-state index in [2.05, 4.69) is 6.07 Å². The molecule has 3 fully saturated rings. The summed E-state index contributed by atoms with van der Waals surface area (Å²) in [5.41, 5.74) is 14.3. The first-order valence-electron chi connectivity index (χ1n) is 11.3. The molecule has 0 saturated carbocycles. The highest BCUT2D eigenvalue weighted by atomic mass is 16.2. The van der Waals surface area contributed by atoms with E-state index >= 15 is 0 Å². The van der Waals surface area contributed by atoms with Gasteiger partial charge in [-0.15, -0.1) is 0 Å². The molecule has 0 radical (unpaired) electrons. The normalized spacial score (nSPS) is 29.9. The van der Waals surface area contributed by atoms with Crippen molar-refractivity contribution in [1.82, 2.24) is 14.7 Å². The Hall–Kier alpha value is -2.96. The average molecular weight is 437 g/mol. The lowest BCUT2D eigenvalue weighted by atomic mass is 10.0. The van der Waals surface area contributed by atoms with E-state index in [9.17, 15) is 19.6 Å². The second kappa shape index (κ2) is 7.87. The predicted molar refractivity (Wildman–Crippen MR) is 115 cm³/mol. The maximum absolute atomic E-state index is 13.3. The van der Waals surface area contributed by atoms with Gasteiger partial charge >= 0.3 is 0 Å². The molecular formula is C23H28N6O3. The van der Waals surface area contributed by atoms with E-state index in [1.165, 1.54) is 0 Å². The number of amides is 3.